The maximum absolute atomic E-state index is 11.0. The molecule has 0 bridgehead atoms. The van der Waals surface area contributed by atoms with Crippen LogP contribution in [0.25, 0.3) is 0 Å². The van der Waals surface area contributed by atoms with Crippen molar-refractivity contribution in [2.45, 2.75) is 20.3 Å². The van der Waals surface area contributed by atoms with E-state index in [2.05, 4.69) is 17.8 Å². The fraction of sp³-hybridized carbons (Fsp3) is 0.333. The fourth-order valence-corrected chi connectivity index (χ4v) is 1.57. The van der Waals surface area contributed by atoms with Crippen molar-refractivity contribution < 1.29 is 14.4 Å². The number of rotatable bonds is 8. The Kier molecular flexibility index (Phi) is 7.92. The van der Waals surface area contributed by atoms with Gasteiger partial charge in [-0.2, -0.15) is 0 Å². The van der Waals surface area contributed by atoms with Crippen molar-refractivity contribution in [3.63, 3.8) is 0 Å². The van der Waals surface area contributed by atoms with Gasteiger partial charge in [0.1, 0.15) is 13.7 Å². The molecule has 0 fully saturated rings. The van der Waals surface area contributed by atoms with Gasteiger partial charge in [0.15, 0.2) is 6.29 Å². The average Bonchev–Trinajstić information content (AvgIpc) is 2.35. The van der Waals surface area contributed by atoms with Gasteiger partial charge in [-0.25, -0.2) is 0 Å². The van der Waals surface area contributed by atoms with E-state index < -0.39 is 7.92 Å². The molecule has 18 heavy (non-hydrogen) atoms. The monoisotopic (exact) mass is 271 g/mol. The summed E-state index contributed by atoms with van der Waals surface area (Å²) in [7, 11) is -1.99. The Balaban J connectivity index is 5.21. The van der Waals surface area contributed by atoms with Gasteiger partial charge >= 0.3 is 0 Å². The van der Waals surface area contributed by atoms with Crippen molar-refractivity contribution in [3.05, 3.63) is 40.0 Å². The number of nitrogens with zero attached hydrogens (tertiary/aromatic N) is 1. The van der Waals surface area contributed by atoms with E-state index in [9.17, 15) is 14.8 Å². The molecule has 0 aliphatic carbocycles. The Labute approximate surface area is 107 Å². The summed E-state index contributed by atoms with van der Waals surface area (Å²) in [6, 6.07) is 0. The summed E-state index contributed by atoms with van der Waals surface area (Å²) in [5, 5.41) is 9.77. The van der Waals surface area contributed by atoms with Gasteiger partial charge in [-0.05, 0) is 29.4 Å². The van der Waals surface area contributed by atoms with Crippen molar-refractivity contribution in [1.82, 2.24) is 0 Å². The molecule has 0 spiro atoms. The molecule has 0 rings (SSSR count). The van der Waals surface area contributed by atoms with Crippen LogP contribution in [0.15, 0.2) is 40.1 Å². The van der Waals surface area contributed by atoms with E-state index in [4.69, 9.17) is 4.52 Å². The van der Waals surface area contributed by atoms with Crippen LogP contribution >= 0.6 is 7.92 Å². The van der Waals surface area contributed by atoms with E-state index in [0.717, 1.165) is 0 Å². The van der Waals surface area contributed by atoms with Crippen molar-refractivity contribution in [3.8, 4) is 0 Å². The van der Waals surface area contributed by atoms with E-state index in [1.165, 1.54) is 0 Å². The molecular formula is C12H18NO4P. The molecule has 1 unspecified atom stereocenters. The smallest absolute Gasteiger partial charge is 0.154 e. The fourth-order valence-electron chi connectivity index (χ4n) is 1.19. The molecule has 0 aromatic heterocycles. The number of aliphatic hydroxyl groups excluding tert-OH is 1. The maximum atomic E-state index is 11.0. The number of aliphatic hydroxyl groups is 1. The lowest BCUT2D eigenvalue weighted by molar-refractivity contribution is -0.104. The van der Waals surface area contributed by atoms with Crippen molar-refractivity contribution in [2.24, 2.45) is 4.95 Å². The van der Waals surface area contributed by atoms with Crippen molar-refractivity contribution in [1.29, 1.82) is 0 Å². The van der Waals surface area contributed by atoms with E-state index in [0.29, 0.717) is 23.9 Å². The molecule has 100 valence electrons. The summed E-state index contributed by atoms with van der Waals surface area (Å²) in [6.45, 7) is 7.06. The predicted octanol–water partition coefficient (Wildman–Crippen LogP) is 3.17. The van der Waals surface area contributed by atoms with Gasteiger partial charge in [0.2, 0.25) is 0 Å². The van der Waals surface area contributed by atoms with Gasteiger partial charge in [-0.15, -0.1) is 4.91 Å². The highest BCUT2D eigenvalue weighted by molar-refractivity contribution is 7.49. The van der Waals surface area contributed by atoms with Gasteiger partial charge < -0.3 is 9.63 Å². The molecule has 5 nitrogen and oxygen atoms in total. The zero-order valence-corrected chi connectivity index (χ0v) is 11.6. The third kappa shape index (κ3) is 5.25. The summed E-state index contributed by atoms with van der Waals surface area (Å²) >= 11 is 0. The minimum atomic E-state index is -1.99. The minimum absolute atomic E-state index is 0.0167. The number of hydrogen-bond donors (Lipinski definition) is 1. The van der Waals surface area contributed by atoms with E-state index >= 15 is 0 Å². The number of carbonyl (C=O) groups is 1. The Morgan fingerprint density at radius 3 is 2.56 bits per heavy atom. The zero-order chi connectivity index (χ0) is 14.1. The number of allylic oxidation sites excluding steroid dienone is 2. The standard InChI is InChI=1S/C12H18NO4P/c1-5-6-10(8-17-18(4)13-16)11(7-14)12(15)9(2)3/h6-7,15,18H,2,4-5,8H2,1,3H3/b10-6-,12-11+. The molecule has 0 aromatic rings. The summed E-state index contributed by atoms with van der Waals surface area (Å²) in [6.07, 6.45) is 6.38. The van der Waals surface area contributed by atoms with Gasteiger partial charge in [0.25, 0.3) is 0 Å². The van der Waals surface area contributed by atoms with Crippen LogP contribution in [0, 0.1) is 4.91 Å². The van der Waals surface area contributed by atoms with Gasteiger partial charge in [-0.3, -0.25) is 4.79 Å². The Morgan fingerprint density at radius 2 is 2.17 bits per heavy atom. The first-order valence-electron chi connectivity index (χ1n) is 5.36. The van der Waals surface area contributed by atoms with E-state index in [-0.39, 0.29) is 17.9 Å². The molecule has 6 heteroatoms. The highest BCUT2D eigenvalue weighted by Gasteiger charge is 2.12. The van der Waals surface area contributed by atoms with Gasteiger partial charge in [-0.1, -0.05) is 25.9 Å². The number of aldehydes is 1. The molecule has 1 N–H and O–H groups in total. The molecule has 0 heterocycles. The molecule has 0 amide bonds. The second kappa shape index (κ2) is 8.61. The van der Waals surface area contributed by atoms with Crippen molar-refractivity contribution >= 4 is 20.5 Å². The largest absolute Gasteiger partial charge is 0.507 e. The van der Waals surface area contributed by atoms with E-state index in [1.54, 1.807) is 13.0 Å². The Bertz CT molecular complexity index is 424. The van der Waals surface area contributed by atoms with Crippen LogP contribution in [0.5, 0.6) is 0 Å². The summed E-state index contributed by atoms with van der Waals surface area (Å²) in [5.41, 5.74) is 1.00. The molecule has 0 aliphatic rings. The predicted molar refractivity (Wildman–Crippen MR) is 76.1 cm³/mol. The quantitative estimate of drug-likeness (QED) is 0.184. The van der Waals surface area contributed by atoms with Gasteiger partial charge in [0.05, 0.1) is 12.2 Å². The molecule has 0 radical (unpaired) electrons. The minimum Gasteiger partial charge on any atom is -0.507 e. The van der Waals surface area contributed by atoms with Crippen LogP contribution in [0.4, 0.5) is 0 Å². The first-order chi connectivity index (χ1) is 8.47. The number of hydrogen-bond acceptors (Lipinski definition) is 5. The summed E-state index contributed by atoms with van der Waals surface area (Å²) in [4.78, 5) is 23.9. The topological polar surface area (TPSA) is 76.0 Å². The molecule has 0 saturated heterocycles. The van der Waals surface area contributed by atoms with Crippen molar-refractivity contribution in [2.75, 3.05) is 6.61 Å². The molecule has 0 aliphatic heterocycles. The lowest BCUT2D eigenvalue weighted by Crippen LogP contribution is -2.03. The summed E-state index contributed by atoms with van der Waals surface area (Å²) < 4.78 is 5.13. The first-order valence-corrected chi connectivity index (χ1v) is 6.92. The molecule has 0 aromatic carbocycles. The number of nitroso groups, excluding NO2 is 1. The van der Waals surface area contributed by atoms with Crippen LogP contribution in [0.1, 0.15) is 20.3 Å². The Hall–Kier alpha value is -1.45. The van der Waals surface area contributed by atoms with E-state index in [1.807, 2.05) is 6.92 Å². The Morgan fingerprint density at radius 1 is 1.56 bits per heavy atom. The van der Waals surface area contributed by atoms with Crippen LogP contribution in [0.3, 0.4) is 0 Å². The highest BCUT2D eigenvalue weighted by atomic mass is 31.1. The molecule has 1 atom stereocenters. The highest BCUT2D eigenvalue weighted by Crippen LogP contribution is 2.26. The van der Waals surface area contributed by atoms with Crippen LogP contribution < -0.4 is 0 Å². The maximum Gasteiger partial charge on any atom is 0.154 e. The van der Waals surface area contributed by atoms with Crippen LogP contribution in [-0.4, -0.2) is 24.3 Å². The van der Waals surface area contributed by atoms with Gasteiger partial charge in [0, 0.05) is 0 Å². The van der Waals surface area contributed by atoms with Crippen LogP contribution in [0.2, 0.25) is 0 Å². The average molecular weight is 271 g/mol. The van der Waals surface area contributed by atoms with Crippen LogP contribution in [-0.2, 0) is 9.32 Å². The lowest BCUT2D eigenvalue weighted by Gasteiger charge is -2.10. The molecular weight excluding hydrogens is 253 g/mol. The number of carbonyl (C=O) groups excluding carboxylic acids is 1. The first kappa shape index (κ1) is 16.6. The third-order valence-electron chi connectivity index (χ3n) is 2.07. The lowest BCUT2D eigenvalue weighted by atomic mass is 10.0. The zero-order valence-electron chi connectivity index (χ0n) is 10.6. The molecule has 0 saturated carbocycles. The second-order valence-corrected chi connectivity index (χ2v) is 4.83. The summed E-state index contributed by atoms with van der Waals surface area (Å²) in [5.74, 6) is -0.176. The second-order valence-electron chi connectivity index (χ2n) is 3.57. The third-order valence-corrected chi connectivity index (χ3v) is 2.75. The normalized spacial score (nSPS) is 14.7. The SMILES string of the molecule is C=C(C)/C(O)=C(C=O)\C(=C/CC)CO[PH](=C)N=O.